The molecule has 0 radical (unpaired) electrons. The van der Waals surface area contributed by atoms with E-state index in [-0.39, 0.29) is 19.8 Å². The molecule has 0 aliphatic carbocycles. The number of hydrogen-bond donors (Lipinski definition) is 3. The van der Waals surface area contributed by atoms with Gasteiger partial charge in [-0.15, -0.1) is 5.73 Å². The number of benzene rings is 2. The van der Waals surface area contributed by atoms with Gasteiger partial charge in [-0.3, -0.25) is 0 Å². The van der Waals surface area contributed by atoms with Crippen LogP contribution in [0.4, 0.5) is 0 Å². The van der Waals surface area contributed by atoms with Crippen molar-refractivity contribution in [2.24, 2.45) is 0 Å². The Labute approximate surface area is 191 Å². The first kappa shape index (κ1) is 25.9. The highest BCUT2D eigenvalue weighted by molar-refractivity contribution is 5.30. The van der Waals surface area contributed by atoms with Crippen LogP contribution >= 0.6 is 0 Å². The summed E-state index contributed by atoms with van der Waals surface area (Å²) in [6.45, 7) is 3.06. The fourth-order valence-corrected chi connectivity index (χ4v) is 3.28. The van der Waals surface area contributed by atoms with Gasteiger partial charge in [-0.1, -0.05) is 55.8 Å². The molecule has 2 atom stereocenters. The molecule has 32 heavy (non-hydrogen) atoms. The van der Waals surface area contributed by atoms with Crippen molar-refractivity contribution in [3.8, 4) is 5.75 Å². The lowest BCUT2D eigenvalue weighted by atomic mass is 10.0. The Morgan fingerprint density at radius 2 is 1.91 bits per heavy atom. The Bertz CT molecular complexity index is 827. The summed E-state index contributed by atoms with van der Waals surface area (Å²) < 4.78 is 11.1. The van der Waals surface area contributed by atoms with E-state index in [1.165, 1.54) is 0 Å². The maximum Gasteiger partial charge on any atom is 0.119 e. The Hall–Kier alpha value is -2.40. The van der Waals surface area contributed by atoms with Crippen molar-refractivity contribution < 1.29 is 24.8 Å². The summed E-state index contributed by atoms with van der Waals surface area (Å²) >= 11 is 0. The molecular formula is C27H36O5. The Morgan fingerprint density at radius 3 is 2.66 bits per heavy atom. The van der Waals surface area contributed by atoms with Gasteiger partial charge in [-0.05, 0) is 47.8 Å². The topological polar surface area (TPSA) is 79.2 Å². The molecule has 0 aromatic heterocycles. The Kier molecular flexibility index (Phi) is 12.5. The molecule has 3 N–H and O–H groups in total. The van der Waals surface area contributed by atoms with E-state index in [9.17, 15) is 10.2 Å². The number of aliphatic hydroxyl groups is 3. The van der Waals surface area contributed by atoms with E-state index in [4.69, 9.17) is 14.6 Å². The van der Waals surface area contributed by atoms with Crippen molar-refractivity contribution in [2.75, 3.05) is 19.8 Å². The van der Waals surface area contributed by atoms with E-state index in [0.29, 0.717) is 25.2 Å². The molecule has 0 unspecified atom stereocenters. The number of hydrogen-bond acceptors (Lipinski definition) is 5. The van der Waals surface area contributed by atoms with E-state index in [0.717, 1.165) is 36.0 Å². The van der Waals surface area contributed by atoms with E-state index >= 15 is 0 Å². The molecule has 2 aromatic carbocycles. The van der Waals surface area contributed by atoms with Crippen molar-refractivity contribution >= 4 is 0 Å². The summed E-state index contributed by atoms with van der Waals surface area (Å²) in [7, 11) is 0. The number of unbranched alkanes of at least 4 members (excludes halogenated alkanes) is 1. The van der Waals surface area contributed by atoms with Crippen LogP contribution < -0.4 is 4.74 Å². The molecule has 0 saturated heterocycles. The van der Waals surface area contributed by atoms with Gasteiger partial charge in [0.1, 0.15) is 12.4 Å². The lowest BCUT2D eigenvalue weighted by molar-refractivity contribution is 0.0285. The third kappa shape index (κ3) is 10.3. The average Bonchev–Trinajstić information content (AvgIpc) is 2.81. The van der Waals surface area contributed by atoms with Gasteiger partial charge in [-0.2, -0.15) is 0 Å². The molecule has 0 saturated carbocycles. The summed E-state index contributed by atoms with van der Waals surface area (Å²) in [5.41, 5.74) is 6.17. The first-order valence-corrected chi connectivity index (χ1v) is 11.4. The van der Waals surface area contributed by atoms with Crippen molar-refractivity contribution in [3.63, 3.8) is 0 Å². The van der Waals surface area contributed by atoms with Gasteiger partial charge in [0.25, 0.3) is 0 Å². The van der Waals surface area contributed by atoms with Gasteiger partial charge in [0.15, 0.2) is 0 Å². The second kappa shape index (κ2) is 15.4. The number of aliphatic hydroxyl groups excluding tert-OH is 3. The zero-order chi connectivity index (χ0) is 23.0. The maximum atomic E-state index is 10.5. The van der Waals surface area contributed by atoms with Crippen LogP contribution in [0.2, 0.25) is 0 Å². The minimum absolute atomic E-state index is 0.0516. The van der Waals surface area contributed by atoms with Gasteiger partial charge < -0.3 is 24.8 Å². The third-order valence-electron chi connectivity index (χ3n) is 4.99. The highest BCUT2D eigenvalue weighted by atomic mass is 16.5. The van der Waals surface area contributed by atoms with Crippen molar-refractivity contribution in [2.45, 2.75) is 57.8 Å². The van der Waals surface area contributed by atoms with Crippen molar-refractivity contribution in [1.29, 1.82) is 0 Å². The first-order chi connectivity index (χ1) is 15.6. The van der Waals surface area contributed by atoms with Crippen LogP contribution in [-0.2, 0) is 11.3 Å². The lowest BCUT2D eigenvalue weighted by Crippen LogP contribution is -2.16. The zero-order valence-electron chi connectivity index (χ0n) is 19.0. The van der Waals surface area contributed by atoms with Gasteiger partial charge in [0.05, 0.1) is 32.0 Å². The van der Waals surface area contributed by atoms with Gasteiger partial charge in [-0.25, -0.2) is 0 Å². The molecule has 0 heterocycles. The second-order valence-electron chi connectivity index (χ2n) is 7.81. The summed E-state index contributed by atoms with van der Waals surface area (Å²) in [4.78, 5) is 0. The smallest absolute Gasteiger partial charge is 0.119 e. The van der Waals surface area contributed by atoms with E-state index in [1.807, 2.05) is 48.5 Å². The number of rotatable bonds is 15. The standard InChI is InChI=1S/C27H36O5/c1-2-3-9-22(18-25(29)21-31-20-23-10-5-4-6-11-23)12-7-15-27(30)24-13-8-14-26(19-24)32-17-16-28/h4-8,10-11,13-14,19,25,27-30H,2-3,9,15-18,20-21H2,1H3/t12?,25-,27-/m0/s1. The summed E-state index contributed by atoms with van der Waals surface area (Å²) in [6.07, 6.45) is 4.46. The minimum atomic E-state index is -0.674. The average molecular weight is 441 g/mol. The fourth-order valence-electron chi connectivity index (χ4n) is 3.28. The van der Waals surface area contributed by atoms with Crippen LogP contribution in [0.3, 0.4) is 0 Å². The monoisotopic (exact) mass is 440 g/mol. The molecule has 0 amide bonds. The summed E-state index contributed by atoms with van der Waals surface area (Å²) in [5, 5.41) is 29.8. The summed E-state index contributed by atoms with van der Waals surface area (Å²) in [5.74, 6) is 0.623. The fraction of sp³-hybridized carbons (Fsp3) is 0.444. The molecule has 2 rings (SSSR count). The van der Waals surface area contributed by atoms with Gasteiger partial charge >= 0.3 is 0 Å². The Morgan fingerprint density at radius 1 is 1.09 bits per heavy atom. The van der Waals surface area contributed by atoms with Crippen LogP contribution in [-0.4, -0.2) is 41.2 Å². The highest BCUT2D eigenvalue weighted by Gasteiger charge is 2.09. The largest absolute Gasteiger partial charge is 0.491 e. The molecule has 0 fully saturated rings. The minimum Gasteiger partial charge on any atom is -0.491 e. The predicted molar refractivity (Wildman–Crippen MR) is 126 cm³/mol. The van der Waals surface area contributed by atoms with Crippen molar-refractivity contribution in [3.05, 3.63) is 83.1 Å². The SMILES string of the molecule is CCCCC(=C=CC[C@H](O)c1cccc(OCCO)c1)C[C@H](O)COCc1ccccc1. The van der Waals surface area contributed by atoms with E-state index in [1.54, 1.807) is 12.1 Å². The van der Waals surface area contributed by atoms with E-state index < -0.39 is 12.2 Å². The maximum absolute atomic E-state index is 10.5. The van der Waals surface area contributed by atoms with Gasteiger partial charge in [0, 0.05) is 12.8 Å². The predicted octanol–water partition coefficient (Wildman–Crippen LogP) is 4.72. The van der Waals surface area contributed by atoms with Crippen LogP contribution in [0, 0.1) is 0 Å². The highest BCUT2D eigenvalue weighted by Crippen LogP contribution is 2.22. The Balaban J connectivity index is 1.89. The van der Waals surface area contributed by atoms with Crippen LogP contribution in [0.25, 0.3) is 0 Å². The number of ether oxygens (including phenoxy) is 2. The van der Waals surface area contributed by atoms with Crippen LogP contribution in [0.5, 0.6) is 5.75 Å². The van der Waals surface area contributed by atoms with Crippen LogP contribution in [0.1, 0.15) is 56.3 Å². The van der Waals surface area contributed by atoms with E-state index in [2.05, 4.69) is 12.7 Å². The first-order valence-electron chi connectivity index (χ1n) is 11.4. The molecule has 0 bridgehead atoms. The third-order valence-corrected chi connectivity index (χ3v) is 4.99. The molecule has 5 nitrogen and oxygen atoms in total. The zero-order valence-corrected chi connectivity index (χ0v) is 19.0. The molecular weight excluding hydrogens is 404 g/mol. The second-order valence-corrected chi connectivity index (χ2v) is 7.81. The molecule has 5 heteroatoms. The van der Waals surface area contributed by atoms with Gasteiger partial charge in [0.2, 0.25) is 0 Å². The quantitative estimate of drug-likeness (QED) is 0.349. The molecule has 0 aliphatic heterocycles. The van der Waals surface area contributed by atoms with Crippen molar-refractivity contribution in [1.82, 2.24) is 0 Å². The molecule has 2 aromatic rings. The molecule has 0 aliphatic rings. The molecule has 0 spiro atoms. The summed E-state index contributed by atoms with van der Waals surface area (Å²) in [6, 6.07) is 17.2. The normalized spacial score (nSPS) is 12.6. The lowest BCUT2D eigenvalue weighted by Gasteiger charge is -2.13. The molecule has 174 valence electrons. The van der Waals surface area contributed by atoms with Crippen LogP contribution in [0.15, 0.2) is 72.0 Å².